The summed E-state index contributed by atoms with van der Waals surface area (Å²) in [5.74, 6) is 0. The van der Waals surface area contributed by atoms with Gasteiger partial charge in [-0.25, -0.2) is 4.57 Å². The Balaban J connectivity index is 2.07. The highest BCUT2D eigenvalue weighted by Crippen LogP contribution is 2.34. The lowest BCUT2D eigenvalue weighted by Crippen LogP contribution is -2.30. The van der Waals surface area contributed by atoms with Gasteiger partial charge in [0.1, 0.15) is 18.7 Å². The van der Waals surface area contributed by atoms with E-state index in [-0.39, 0.29) is 0 Å². The van der Waals surface area contributed by atoms with E-state index in [1.165, 1.54) is 5.56 Å². The Morgan fingerprint density at radius 3 is 2.70 bits per heavy atom. The molecular formula is C20H15N2O+. The van der Waals surface area contributed by atoms with Crippen molar-refractivity contribution in [1.82, 2.24) is 0 Å². The molecule has 2 aromatic carbocycles. The first-order chi connectivity index (χ1) is 11.2. The Morgan fingerprint density at radius 2 is 1.91 bits per heavy atom. The van der Waals surface area contributed by atoms with Crippen molar-refractivity contribution in [1.29, 1.82) is 5.26 Å². The van der Waals surface area contributed by atoms with Crippen molar-refractivity contribution in [3.05, 3.63) is 65.9 Å². The summed E-state index contributed by atoms with van der Waals surface area (Å²) >= 11 is 0. The summed E-state index contributed by atoms with van der Waals surface area (Å²) in [6, 6.07) is 18.2. The van der Waals surface area contributed by atoms with Crippen molar-refractivity contribution in [2.24, 2.45) is 7.05 Å². The average Bonchev–Trinajstić information content (AvgIpc) is 2.92. The van der Waals surface area contributed by atoms with Crippen molar-refractivity contribution in [2.75, 3.05) is 0 Å². The maximum Gasteiger partial charge on any atom is 0.212 e. The van der Waals surface area contributed by atoms with Crippen LogP contribution in [0.3, 0.4) is 0 Å². The van der Waals surface area contributed by atoms with Crippen LogP contribution in [0.25, 0.3) is 33.2 Å². The highest BCUT2D eigenvalue weighted by atomic mass is 16.3. The zero-order chi connectivity index (χ0) is 16.0. The number of para-hydroxylation sites is 1. The molecule has 0 aliphatic heterocycles. The number of hydrogen-bond donors (Lipinski definition) is 0. The summed E-state index contributed by atoms with van der Waals surface area (Å²) < 4.78 is 8.09. The lowest BCUT2D eigenvalue weighted by molar-refractivity contribution is -0.660. The van der Waals surface area contributed by atoms with Crippen LogP contribution in [0.1, 0.15) is 11.1 Å². The minimum atomic E-state index is 0.572. The molecule has 3 heteroatoms. The summed E-state index contributed by atoms with van der Waals surface area (Å²) in [6.45, 7) is 2.11. The van der Waals surface area contributed by atoms with Crippen LogP contribution in [0.2, 0.25) is 0 Å². The van der Waals surface area contributed by atoms with Gasteiger partial charge in [0.15, 0.2) is 11.8 Å². The standard InChI is InChI=1S/C20H15N2O/c1-13-10-17-15-7-5-6-14(12-21)20(15)23-19(17)11-16(13)18-8-3-4-9-22(18)2/h3-11H,1-2H3/q+1. The number of nitrogens with zero attached hydrogens (tertiary/aromatic N) is 2. The number of rotatable bonds is 1. The third-order valence-corrected chi connectivity index (χ3v) is 4.30. The molecule has 0 atom stereocenters. The van der Waals surface area contributed by atoms with Crippen LogP contribution in [0, 0.1) is 18.3 Å². The van der Waals surface area contributed by atoms with Crippen molar-refractivity contribution in [2.45, 2.75) is 6.92 Å². The number of aryl methyl sites for hydroxylation is 2. The first kappa shape index (κ1) is 13.5. The zero-order valence-corrected chi connectivity index (χ0v) is 13.0. The van der Waals surface area contributed by atoms with Gasteiger partial charge in [0.25, 0.3) is 0 Å². The molecular weight excluding hydrogens is 284 g/mol. The molecule has 0 spiro atoms. The van der Waals surface area contributed by atoms with Gasteiger partial charge in [0.2, 0.25) is 5.69 Å². The summed E-state index contributed by atoms with van der Waals surface area (Å²) in [4.78, 5) is 0. The summed E-state index contributed by atoms with van der Waals surface area (Å²) in [7, 11) is 2.03. The van der Waals surface area contributed by atoms with Crippen molar-refractivity contribution < 1.29 is 8.98 Å². The Hall–Kier alpha value is -3.12. The number of furan rings is 1. The van der Waals surface area contributed by atoms with Crippen molar-refractivity contribution in [3.63, 3.8) is 0 Å². The first-order valence-electron chi connectivity index (χ1n) is 7.50. The molecule has 0 fully saturated rings. The molecule has 0 saturated heterocycles. The number of hydrogen-bond acceptors (Lipinski definition) is 2. The molecule has 2 aromatic heterocycles. The molecule has 0 saturated carbocycles. The van der Waals surface area contributed by atoms with E-state index in [1.807, 2.05) is 37.5 Å². The molecule has 4 aromatic rings. The topological polar surface area (TPSA) is 40.8 Å². The fourth-order valence-electron chi connectivity index (χ4n) is 3.12. The van der Waals surface area contributed by atoms with E-state index >= 15 is 0 Å². The molecule has 2 heterocycles. The minimum absolute atomic E-state index is 0.572. The average molecular weight is 299 g/mol. The van der Waals surface area contributed by atoms with E-state index in [0.717, 1.165) is 27.6 Å². The van der Waals surface area contributed by atoms with Crippen LogP contribution in [0.4, 0.5) is 0 Å². The van der Waals surface area contributed by atoms with E-state index < -0.39 is 0 Å². The van der Waals surface area contributed by atoms with Gasteiger partial charge in [-0.2, -0.15) is 5.26 Å². The number of benzene rings is 2. The fourth-order valence-corrected chi connectivity index (χ4v) is 3.12. The monoisotopic (exact) mass is 299 g/mol. The summed E-state index contributed by atoms with van der Waals surface area (Å²) in [5, 5.41) is 11.3. The Labute approximate surface area is 134 Å². The predicted octanol–water partition coefficient (Wildman–Crippen LogP) is 4.26. The first-order valence-corrected chi connectivity index (χ1v) is 7.50. The van der Waals surface area contributed by atoms with Crippen LogP contribution in [0.5, 0.6) is 0 Å². The Morgan fingerprint density at radius 1 is 1.04 bits per heavy atom. The van der Waals surface area contributed by atoms with Gasteiger partial charge in [-0.1, -0.05) is 12.1 Å². The molecule has 110 valence electrons. The number of fused-ring (bicyclic) bond motifs is 3. The van der Waals surface area contributed by atoms with Gasteiger partial charge in [-0.3, -0.25) is 0 Å². The van der Waals surface area contributed by atoms with E-state index in [0.29, 0.717) is 11.1 Å². The van der Waals surface area contributed by atoms with Gasteiger partial charge in [-0.05, 0) is 36.8 Å². The lowest BCUT2D eigenvalue weighted by Gasteiger charge is -2.04. The number of pyridine rings is 1. The number of aromatic nitrogens is 1. The second-order valence-electron chi connectivity index (χ2n) is 5.76. The minimum Gasteiger partial charge on any atom is -0.455 e. The van der Waals surface area contributed by atoms with Crippen LogP contribution in [0.15, 0.2) is 59.1 Å². The van der Waals surface area contributed by atoms with Gasteiger partial charge in [-0.15, -0.1) is 0 Å². The molecule has 0 amide bonds. The fraction of sp³-hybridized carbons (Fsp3) is 0.100. The summed E-state index contributed by atoms with van der Waals surface area (Å²) in [5.41, 5.74) is 5.50. The highest BCUT2D eigenvalue weighted by molar-refractivity contribution is 6.07. The van der Waals surface area contributed by atoms with E-state index in [9.17, 15) is 5.26 Å². The molecule has 0 radical (unpaired) electrons. The Kier molecular flexibility index (Phi) is 2.92. The van der Waals surface area contributed by atoms with Crippen LogP contribution < -0.4 is 4.57 Å². The molecule has 3 nitrogen and oxygen atoms in total. The SMILES string of the molecule is Cc1cc2c(cc1-c1cccc[n+]1C)oc1c(C#N)cccc12. The van der Waals surface area contributed by atoms with E-state index in [4.69, 9.17) is 4.42 Å². The second-order valence-corrected chi connectivity index (χ2v) is 5.76. The third kappa shape index (κ3) is 2.00. The van der Waals surface area contributed by atoms with Gasteiger partial charge >= 0.3 is 0 Å². The van der Waals surface area contributed by atoms with Crippen molar-refractivity contribution in [3.8, 4) is 17.3 Å². The van der Waals surface area contributed by atoms with Gasteiger partial charge in [0.05, 0.1) is 11.1 Å². The molecule has 0 unspecified atom stereocenters. The third-order valence-electron chi connectivity index (χ3n) is 4.30. The highest BCUT2D eigenvalue weighted by Gasteiger charge is 2.16. The smallest absolute Gasteiger partial charge is 0.212 e. The Bertz CT molecular complexity index is 1100. The van der Waals surface area contributed by atoms with E-state index in [1.54, 1.807) is 6.07 Å². The summed E-state index contributed by atoms with van der Waals surface area (Å²) in [6.07, 6.45) is 2.03. The van der Waals surface area contributed by atoms with Crippen molar-refractivity contribution >= 4 is 21.9 Å². The predicted molar refractivity (Wildman–Crippen MR) is 89.8 cm³/mol. The lowest BCUT2D eigenvalue weighted by atomic mass is 10.0. The van der Waals surface area contributed by atoms with Gasteiger partial charge < -0.3 is 4.42 Å². The molecule has 0 bridgehead atoms. The number of nitriles is 1. The molecule has 4 rings (SSSR count). The largest absolute Gasteiger partial charge is 0.455 e. The van der Waals surface area contributed by atoms with E-state index in [2.05, 4.69) is 35.8 Å². The van der Waals surface area contributed by atoms with Crippen LogP contribution >= 0.6 is 0 Å². The van der Waals surface area contributed by atoms with Crippen LogP contribution in [-0.4, -0.2) is 0 Å². The maximum absolute atomic E-state index is 9.27. The molecule has 23 heavy (non-hydrogen) atoms. The van der Waals surface area contributed by atoms with Crippen LogP contribution in [-0.2, 0) is 7.05 Å². The maximum atomic E-state index is 9.27. The zero-order valence-electron chi connectivity index (χ0n) is 13.0. The second kappa shape index (κ2) is 4.96. The normalized spacial score (nSPS) is 11.0. The quantitative estimate of drug-likeness (QED) is 0.493. The van der Waals surface area contributed by atoms with Gasteiger partial charge in [0, 0.05) is 22.9 Å². The molecule has 0 aliphatic rings. The molecule has 0 N–H and O–H groups in total. The molecule has 0 aliphatic carbocycles.